The summed E-state index contributed by atoms with van der Waals surface area (Å²) in [7, 11) is 3.61. The van der Waals surface area contributed by atoms with Gasteiger partial charge in [0.1, 0.15) is 0 Å². The highest BCUT2D eigenvalue weighted by molar-refractivity contribution is 5.87. The lowest BCUT2D eigenvalue weighted by molar-refractivity contribution is -0.136. The molecule has 18 heavy (non-hydrogen) atoms. The highest BCUT2D eigenvalue weighted by Gasteiger charge is 2.21. The first-order valence-electron chi connectivity index (χ1n) is 6.76. The molecule has 0 aromatic rings. The number of hydrogen-bond acceptors (Lipinski definition) is 4. The lowest BCUT2D eigenvalue weighted by Gasteiger charge is -2.29. The van der Waals surface area contributed by atoms with E-state index in [1.165, 1.54) is 13.5 Å². The van der Waals surface area contributed by atoms with E-state index in [1.54, 1.807) is 0 Å². The number of esters is 1. The Morgan fingerprint density at radius 2 is 2.17 bits per heavy atom. The predicted octanol–water partition coefficient (Wildman–Crippen LogP) is 1.52. The van der Waals surface area contributed by atoms with Crippen molar-refractivity contribution in [1.82, 2.24) is 9.80 Å². The monoisotopic (exact) mass is 254 g/mol. The third kappa shape index (κ3) is 4.42. The number of rotatable bonds is 4. The Labute approximate surface area is 111 Å². The van der Waals surface area contributed by atoms with Crippen molar-refractivity contribution in [2.75, 3.05) is 40.3 Å². The van der Waals surface area contributed by atoms with Crippen molar-refractivity contribution in [3.05, 3.63) is 11.6 Å². The van der Waals surface area contributed by atoms with Crippen molar-refractivity contribution >= 4 is 5.97 Å². The van der Waals surface area contributed by atoms with Crippen LogP contribution in [0.25, 0.3) is 0 Å². The maximum Gasteiger partial charge on any atom is 0.333 e. The minimum atomic E-state index is -0.227. The van der Waals surface area contributed by atoms with E-state index in [0.29, 0.717) is 11.6 Å². The predicted molar refractivity (Wildman–Crippen MR) is 73.5 cm³/mol. The lowest BCUT2D eigenvalue weighted by atomic mass is 10.1. The number of nitrogens with zero attached hydrogens (tertiary/aromatic N) is 2. The maximum atomic E-state index is 11.3. The number of hydrogen-bond donors (Lipinski definition) is 0. The largest absolute Gasteiger partial charge is 0.466 e. The molecule has 4 heteroatoms. The molecule has 0 aromatic carbocycles. The third-order valence-electron chi connectivity index (χ3n) is 3.63. The van der Waals surface area contributed by atoms with Gasteiger partial charge in [-0.05, 0) is 33.4 Å². The summed E-state index contributed by atoms with van der Waals surface area (Å²) in [4.78, 5) is 16.2. The highest BCUT2D eigenvalue weighted by Crippen LogP contribution is 2.12. The van der Waals surface area contributed by atoms with Crippen molar-refractivity contribution in [3.8, 4) is 0 Å². The van der Waals surface area contributed by atoms with E-state index < -0.39 is 0 Å². The van der Waals surface area contributed by atoms with Crippen LogP contribution >= 0.6 is 0 Å². The van der Waals surface area contributed by atoms with Crippen molar-refractivity contribution in [3.63, 3.8) is 0 Å². The molecule has 1 rings (SSSR count). The first-order chi connectivity index (χ1) is 8.58. The molecule has 1 atom stereocenters. The van der Waals surface area contributed by atoms with Crippen LogP contribution in [0.15, 0.2) is 11.6 Å². The molecule has 0 aromatic heterocycles. The van der Waals surface area contributed by atoms with Gasteiger partial charge in [-0.25, -0.2) is 4.79 Å². The van der Waals surface area contributed by atoms with E-state index in [-0.39, 0.29) is 5.97 Å². The summed E-state index contributed by atoms with van der Waals surface area (Å²) < 4.78 is 4.71. The maximum absolute atomic E-state index is 11.3. The second kappa shape index (κ2) is 7.54. The van der Waals surface area contributed by atoms with Crippen LogP contribution in [0.2, 0.25) is 0 Å². The molecule has 0 N–H and O–H groups in total. The van der Waals surface area contributed by atoms with Gasteiger partial charge in [0.2, 0.25) is 0 Å². The first kappa shape index (κ1) is 15.2. The van der Waals surface area contributed by atoms with E-state index in [9.17, 15) is 4.79 Å². The van der Waals surface area contributed by atoms with Crippen molar-refractivity contribution in [2.45, 2.75) is 32.7 Å². The van der Waals surface area contributed by atoms with Gasteiger partial charge in [-0.1, -0.05) is 13.0 Å². The molecule has 1 fully saturated rings. The topological polar surface area (TPSA) is 32.8 Å². The van der Waals surface area contributed by atoms with Crippen LogP contribution in [0.1, 0.15) is 26.7 Å². The quantitative estimate of drug-likeness (QED) is 0.562. The fraction of sp³-hybridized carbons (Fsp3) is 0.786. The average Bonchev–Trinajstić information content (AvgIpc) is 2.56. The molecule has 1 heterocycles. The van der Waals surface area contributed by atoms with Gasteiger partial charge in [0, 0.05) is 31.2 Å². The van der Waals surface area contributed by atoms with Crippen LogP contribution in [0.4, 0.5) is 0 Å². The third-order valence-corrected chi connectivity index (χ3v) is 3.63. The second-order valence-corrected chi connectivity index (χ2v) is 5.05. The van der Waals surface area contributed by atoms with Gasteiger partial charge in [-0.2, -0.15) is 0 Å². The van der Waals surface area contributed by atoms with Crippen molar-refractivity contribution in [1.29, 1.82) is 0 Å². The molecule has 0 radical (unpaired) electrons. The molecule has 4 nitrogen and oxygen atoms in total. The molecule has 0 bridgehead atoms. The number of ether oxygens (including phenoxy) is 1. The van der Waals surface area contributed by atoms with Crippen LogP contribution in [-0.4, -0.2) is 62.1 Å². The minimum Gasteiger partial charge on any atom is -0.466 e. The van der Waals surface area contributed by atoms with Gasteiger partial charge in [0.25, 0.3) is 0 Å². The summed E-state index contributed by atoms with van der Waals surface area (Å²) >= 11 is 0. The Hall–Kier alpha value is -0.870. The lowest BCUT2D eigenvalue weighted by Crippen LogP contribution is -2.39. The number of carbonyl (C=O) groups excluding carboxylic acids is 1. The summed E-state index contributed by atoms with van der Waals surface area (Å²) in [6, 6.07) is 0.583. The Morgan fingerprint density at radius 3 is 2.78 bits per heavy atom. The molecule has 1 aliphatic heterocycles. The summed E-state index contributed by atoms with van der Waals surface area (Å²) in [5.74, 6) is -0.227. The SMILES string of the molecule is CCC1CN(C)CCCN1C/C=C(/C)C(=O)OC. The molecule has 0 aliphatic carbocycles. The zero-order valence-corrected chi connectivity index (χ0v) is 12.1. The molecule has 104 valence electrons. The Morgan fingerprint density at radius 1 is 1.44 bits per heavy atom. The standard InChI is InChI=1S/C14H26N2O2/c1-5-13-11-15(3)8-6-9-16(13)10-7-12(2)14(17)18-4/h7,13H,5-6,8-11H2,1-4H3/b12-7-. The average molecular weight is 254 g/mol. The summed E-state index contributed by atoms with van der Waals surface area (Å²) in [5.41, 5.74) is 0.699. The molecule has 1 saturated heterocycles. The van der Waals surface area contributed by atoms with E-state index in [2.05, 4.69) is 23.8 Å². The van der Waals surface area contributed by atoms with Crippen LogP contribution in [0.3, 0.4) is 0 Å². The fourth-order valence-corrected chi connectivity index (χ4v) is 2.42. The molecular weight excluding hydrogens is 228 g/mol. The molecule has 1 aliphatic rings. The Balaban J connectivity index is 2.60. The fourth-order valence-electron chi connectivity index (χ4n) is 2.42. The van der Waals surface area contributed by atoms with Crippen LogP contribution in [-0.2, 0) is 9.53 Å². The minimum absolute atomic E-state index is 0.227. The summed E-state index contributed by atoms with van der Waals surface area (Å²) in [6.07, 6.45) is 4.33. The van der Waals surface area contributed by atoms with Gasteiger partial charge >= 0.3 is 5.97 Å². The normalized spacial score (nSPS) is 23.8. The number of likely N-dealkylation sites (N-methyl/N-ethyl adjacent to an activating group) is 1. The van der Waals surface area contributed by atoms with E-state index in [1.807, 2.05) is 13.0 Å². The van der Waals surface area contributed by atoms with E-state index in [4.69, 9.17) is 4.74 Å². The van der Waals surface area contributed by atoms with Crippen LogP contribution in [0.5, 0.6) is 0 Å². The molecular formula is C14H26N2O2. The van der Waals surface area contributed by atoms with Crippen LogP contribution in [0, 0.1) is 0 Å². The van der Waals surface area contributed by atoms with E-state index in [0.717, 1.165) is 32.6 Å². The smallest absolute Gasteiger partial charge is 0.333 e. The second-order valence-electron chi connectivity index (χ2n) is 5.05. The van der Waals surface area contributed by atoms with Gasteiger partial charge in [-0.3, -0.25) is 4.90 Å². The number of carbonyl (C=O) groups is 1. The summed E-state index contributed by atoms with van der Waals surface area (Å²) in [5, 5.41) is 0. The van der Waals surface area contributed by atoms with Crippen LogP contribution < -0.4 is 0 Å². The molecule has 0 spiro atoms. The number of methoxy groups -OCH3 is 1. The Kier molecular flexibility index (Phi) is 6.36. The van der Waals surface area contributed by atoms with Gasteiger partial charge in [0.05, 0.1) is 7.11 Å². The zero-order valence-electron chi connectivity index (χ0n) is 12.1. The molecule has 1 unspecified atom stereocenters. The van der Waals surface area contributed by atoms with Gasteiger partial charge < -0.3 is 9.64 Å². The molecule has 0 saturated carbocycles. The van der Waals surface area contributed by atoms with E-state index >= 15 is 0 Å². The van der Waals surface area contributed by atoms with Gasteiger partial charge in [-0.15, -0.1) is 0 Å². The van der Waals surface area contributed by atoms with Crippen molar-refractivity contribution < 1.29 is 9.53 Å². The highest BCUT2D eigenvalue weighted by atomic mass is 16.5. The zero-order chi connectivity index (χ0) is 13.5. The first-order valence-corrected chi connectivity index (χ1v) is 6.76. The van der Waals surface area contributed by atoms with Gasteiger partial charge in [0.15, 0.2) is 0 Å². The van der Waals surface area contributed by atoms with Crippen molar-refractivity contribution in [2.24, 2.45) is 0 Å². The molecule has 0 amide bonds. The Bertz CT molecular complexity index is 302. The summed E-state index contributed by atoms with van der Waals surface area (Å²) in [6.45, 7) is 8.26.